The van der Waals surface area contributed by atoms with E-state index in [-0.39, 0.29) is 5.91 Å². The molecule has 5 heteroatoms. The normalized spacial score (nSPS) is 11.2. The third kappa shape index (κ3) is 3.21. The number of aromatic nitrogens is 2. The van der Waals surface area contributed by atoms with Crippen molar-refractivity contribution in [2.24, 2.45) is 0 Å². The Morgan fingerprint density at radius 3 is 2.68 bits per heavy atom. The Hall–Kier alpha value is -3.60. The number of imidazole rings is 1. The molecule has 0 spiro atoms. The van der Waals surface area contributed by atoms with Crippen molar-refractivity contribution in [1.82, 2.24) is 9.55 Å². The molecule has 4 aromatic rings. The number of nitrogens with zero attached hydrogens (tertiary/aromatic N) is 2. The molecule has 1 amide bonds. The molecule has 0 fully saturated rings. The maximum absolute atomic E-state index is 11.9. The standard InChI is InChI=1S/C20H15N3O2/c24-20(12-11-17-4-3-13-25-17)22-15-7-9-16(10-8-15)23-14-21-18-5-1-2-6-19(18)23/h1-14H,(H,22,24). The number of para-hydroxylation sites is 2. The first kappa shape index (κ1) is 15.0. The molecular formula is C20H15N3O2. The summed E-state index contributed by atoms with van der Waals surface area (Å²) in [4.78, 5) is 16.3. The largest absolute Gasteiger partial charge is 0.465 e. The number of benzene rings is 2. The van der Waals surface area contributed by atoms with Crippen LogP contribution in [0.2, 0.25) is 0 Å². The molecule has 2 heterocycles. The van der Waals surface area contributed by atoms with Crippen LogP contribution in [0.3, 0.4) is 0 Å². The number of fused-ring (bicyclic) bond motifs is 1. The van der Waals surface area contributed by atoms with Crippen LogP contribution in [-0.2, 0) is 4.79 Å². The first-order valence-corrected chi connectivity index (χ1v) is 7.85. The van der Waals surface area contributed by atoms with E-state index in [0.717, 1.165) is 22.4 Å². The van der Waals surface area contributed by atoms with Gasteiger partial charge >= 0.3 is 0 Å². The molecule has 5 nitrogen and oxygen atoms in total. The second-order valence-corrected chi connectivity index (χ2v) is 5.49. The van der Waals surface area contributed by atoms with Gasteiger partial charge in [-0.05, 0) is 54.6 Å². The molecule has 1 N–H and O–H groups in total. The number of anilines is 1. The maximum atomic E-state index is 11.9. The van der Waals surface area contributed by atoms with Crippen LogP contribution in [0, 0.1) is 0 Å². The summed E-state index contributed by atoms with van der Waals surface area (Å²) in [7, 11) is 0. The van der Waals surface area contributed by atoms with Gasteiger partial charge in [0.1, 0.15) is 12.1 Å². The van der Waals surface area contributed by atoms with Gasteiger partial charge in [0.05, 0.1) is 17.3 Å². The summed E-state index contributed by atoms with van der Waals surface area (Å²) in [6.07, 6.45) is 6.43. The molecule has 0 aliphatic heterocycles. The molecule has 122 valence electrons. The molecule has 0 aliphatic carbocycles. The Bertz CT molecular complexity index is 1030. The lowest BCUT2D eigenvalue weighted by Crippen LogP contribution is -2.07. The van der Waals surface area contributed by atoms with Crippen LogP contribution in [-0.4, -0.2) is 15.5 Å². The van der Waals surface area contributed by atoms with E-state index < -0.39 is 0 Å². The zero-order valence-electron chi connectivity index (χ0n) is 13.3. The average molecular weight is 329 g/mol. The first-order valence-electron chi connectivity index (χ1n) is 7.85. The van der Waals surface area contributed by atoms with Crippen molar-refractivity contribution in [2.45, 2.75) is 0 Å². The quantitative estimate of drug-likeness (QED) is 0.569. The lowest BCUT2D eigenvalue weighted by atomic mass is 10.2. The van der Waals surface area contributed by atoms with Gasteiger partial charge in [0.15, 0.2) is 0 Å². The van der Waals surface area contributed by atoms with E-state index in [2.05, 4.69) is 10.3 Å². The van der Waals surface area contributed by atoms with Crippen LogP contribution in [0.1, 0.15) is 5.76 Å². The van der Waals surface area contributed by atoms with Crippen molar-refractivity contribution in [3.8, 4) is 5.69 Å². The van der Waals surface area contributed by atoms with E-state index in [1.165, 1.54) is 6.08 Å². The summed E-state index contributed by atoms with van der Waals surface area (Å²) in [6.45, 7) is 0. The second-order valence-electron chi connectivity index (χ2n) is 5.49. The molecule has 0 aliphatic rings. The summed E-state index contributed by atoms with van der Waals surface area (Å²) in [5.41, 5.74) is 3.70. The Morgan fingerprint density at radius 1 is 1.04 bits per heavy atom. The molecule has 4 rings (SSSR count). The van der Waals surface area contributed by atoms with Gasteiger partial charge in [-0.3, -0.25) is 9.36 Å². The van der Waals surface area contributed by atoms with E-state index in [9.17, 15) is 4.79 Å². The van der Waals surface area contributed by atoms with Gasteiger partial charge in [-0.15, -0.1) is 0 Å². The average Bonchev–Trinajstić information content (AvgIpc) is 3.30. The van der Waals surface area contributed by atoms with Crippen LogP contribution in [0.4, 0.5) is 5.69 Å². The highest BCUT2D eigenvalue weighted by atomic mass is 16.3. The Balaban J connectivity index is 1.49. The molecule has 0 radical (unpaired) electrons. The molecule has 0 saturated carbocycles. The zero-order chi connectivity index (χ0) is 17.1. The number of nitrogens with one attached hydrogen (secondary N) is 1. The number of rotatable bonds is 4. The molecule has 25 heavy (non-hydrogen) atoms. The highest BCUT2D eigenvalue weighted by Crippen LogP contribution is 2.19. The van der Waals surface area contributed by atoms with E-state index >= 15 is 0 Å². The third-order valence-corrected chi connectivity index (χ3v) is 3.81. The molecule has 0 atom stereocenters. The number of amides is 1. The minimum Gasteiger partial charge on any atom is -0.465 e. The van der Waals surface area contributed by atoms with Crippen molar-refractivity contribution >= 4 is 28.7 Å². The van der Waals surface area contributed by atoms with Crippen LogP contribution in [0.5, 0.6) is 0 Å². The van der Waals surface area contributed by atoms with E-state index in [1.54, 1.807) is 30.8 Å². The number of hydrogen-bond acceptors (Lipinski definition) is 3. The maximum Gasteiger partial charge on any atom is 0.248 e. The predicted molar refractivity (Wildman–Crippen MR) is 97.4 cm³/mol. The van der Waals surface area contributed by atoms with Gasteiger partial charge in [-0.25, -0.2) is 4.98 Å². The molecule has 0 unspecified atom stereocenters. The fourth-order valence-electron chi connectivity index (χ4n) is 2.60. The number of carbonyl (C=O) groups excluding carboxylic acids is 1. The highest BCUT2D eigenvalue weighted by molar-refractivity contribution is 6.01. The van der Waals surface area contributed by atoms with Gasteiger partial charge in [0, 0.05) is 17.5 Å². The minimum absolute atomic E-state index is 0.211. The zero-order valence-corrected chi connectivity index (χ0v) is 13.3. The lowest BCUT2D eigenvalue weighted by Gasteiger charge is -2.06. The number of carbonyl (C=O) groups is 1. The predicted octanol–water partition coefficient (Wildman–Crippen LogP) is 4.27. The van der Waals surface area contributed by atoms with Gasteiger partial charge in [0.2, 0.25) is 5.91 Å². The van der Waals surface area contributed by atoms with E-state index in [1.807, 2.05) is 53.1 Å². The van der Waals surface area contributed by atoms with E-state index in [0.29, 0.717) is 5.76 Å². The molecule has 0 bridgehead atoms. The third-order valence-electron chi connectivity index (χ3n) is 3.81. The summed E-state index contributed by atoms with van der Waals surface area (Å²) in [5.74, 6) is 0.426. The van der Waals surface area contributed by atoms with Crippen LogP contribution in [0.15, 0.2) is 83.7 Å². The second kappa shape index (κ2) is 6.49. The number of furan rings is 1. The van der Waals surface area contributed by atoms with Gasteiger partial charge < -0.3 is 9.73 Å². The monoisotopic (exact) mass is 329 g/mol. The number of hydrogen-bond donors (Lipinski definition) is 1. The van der Waals surface area contributed by atoms with Crippen molar-refractivity contribution in [3.05, 3.63) is 85.1 Å². The van der Waals surface area contributed by atoms with Gasteiger partial charge in [-0.2, -0.15) is 0 Å². The summed E-state index contributed by atoms with van der Waals surface area (Å²) in [5, 5.41) is 2.82. The smallest absolute Gasteiger partial charge is 0.248 e. The molecule has 2 aromatic heterocycles. The Labute approximate surface area is 144 Å². The SMILES string of the molecule is O=C(C=Cc1ccco1)Nc1ccc(-n2cnc3ccccc32)cc1. The Kier molecular flexibility index (Phi) is 3.88. The lowest BCUT2D eigenvalue weighted by molar-refractivity contribution is -0.111. The molecule has 2 aromatic carbocycles. The van der Waals surface area contributed by atoms with Gasteiger partial charge in [0.25, 0.3) is 0 Å². The highest BCUT2D eigenvalue weighted by Gasteiger charge is 2.04. The fourth-order valence-corrected chi connectivity index (χ4v) is 2.60. The van der Waals surface area contributed by atoms with Crippen molar-refractivity contribution in [3.63, 3.8) is 0 Å². The summed E-state index contributed by atoms with van der Waals surface area (Å²) < 4.78 is 7.16. The van der Waals surface area contributed by atoms with Crippen molar-refractivity contribution in [1.29, 1.82) is 0 Å². The van der Waals surface area contributed by atoms with Gasteiger partial charge in [-0.1, -0.05) is 12.1 Å². The van der Waals surface area contributed by atoms with Crippen LogP contribution >= 0.6 is 0 Å². The molecular weight excluding hydrogens is 314 g/mol. The summed E-state index contributed by atoms with van der Waals surface area (Å²) in [6, 6.07) is 19.1. The van der Waals surface area contributed by atoms with E-state index in [4.69, 9.17) is 4.42 Å². The fraction of sp³-hybridized carbons (Fsp3) is 0. The van der Waals surface area contributed by atoms with Crippen molar-refractivity contribution in [2.75, 3.05) is 5.32 Å². The first-order chi connectivity index (χ1) is 12.3. The minimum atomic E-state index is -0.211. The topological polar surface area (TPSA) is 60.1 Å². The van der Waals surface area contributed by atoms with Crippen LogP contribution in [0.25, 0.3) is 22.8 Å². The Morgan fingerprint density at radius 2 is 1.88 bits per heavy atom. The van der Waals surface area contributed by atoms with Crippen LogP contribution < -0.4 is 5.32 Å². The van der Waals surface area contributed by atoms with Crippen molar-refractivity contribution < 1.29 is 9.21 Å². The molecule has 0 saturated heterocycles. The summed E-state index contributed by atoms with van der Waals surface area (Å²) >= 11 is 0.